The van der Waals surface area contributed by atoms with E-state index in [-0.39, 0.29) is 0 Å². The van der Waals surface area contributed by atoms with E-state index < -0.39 is 0 Å². The fraction of sp³-hybridized carbons (Fsp3) is 0.615. The molecule has 1 rings (SSSR count). The molecule has 0 fully saturated rings. The first-order valence-electron chi connectivity index (χ1n) is 5.81. The molecule has 0 aliphatic heterocycles. The first-order valence-corrected chi connectivity index (χ1v) is 5.81. The fourth-order valence-electron chi connectivity index (χ4n) is 1.67. The minimum atomic E-state index is 0.586. The standard InChI is InChI=1S/C13H22N2/c1-11-7-8-13(15-10-11)12(2)6-4-5-9-14-3/h7-8,10,12,14H,4-6,9H2,1-3H3. The molecular weight excluding hydrogens is 184 g/mol. The van der Waals surface area contributed by atoms with E-state index in [1.165, 1.54) is 30.5 Å². The van der Waals surface area contributed by atoms with Crippen molar-refractivity contribution in [1.29, 1.82) is 0 Å². The number of pyridine rings is 1. The van der Waals surface area contributed by atoms with Gasteiger partial charge in [-0.05, 0) is 50.9 Å². The van der Waals surface area contributed by atoms with Crippen molar-refractivity contribution in [1.82, 2.24) is 10.3 Å². The van der Waals surface area contributed by atoms with Gasteiger partial charge in [0.15, 0.2) is 0 Å². The SMILES string of the molecule is CNCCCCC(C)c1ccc(C)cn1. The Kier molecular flexibility index (Phi) is 5.33. The normalized spacial score (nSPS) is 12.7. The number of hydrogen-bond acceptors (Lipinski definition) is 2. The molecule has 1 heterocycles. The Morgan fingerprint density at radius 2 is 2.13 bits per heavy atom. The van der Waals surface area contributed by atoms with Gasteiger partial charge in [0.1, 0.15) is 0 Å². The average molecular weight is 206 g/mol. The molecule has 2 nitrogen and oxygen atoms in total. The lowest BCUT2D eigenvalue weighted by Crippen LogP contribution is -2.07. The van der Waals surface area contributed by atoms with Gasteiger partial charge in [0, 0.05) is 11.9 Å². The van der Waals surface area contributed by atoms with Crippen molar-refractivity contribution in [2.24, 2.45) is 0 Å². The Morgan fingerprint density at radius 3 is 2.73 bits per heavy atom. The predicted octanol–water partition coefficient (Wildman–Crippen LogP) is 2.88. The molecule has 0 spiro atoms. The van der Waals surface area contributed by atoms with Crippen LogP contribution < -0.4 is 5.32 Å². The van der Waals surface area contributed by atoms with Crippen molar-refractivity contribution in [3.05, 3.63) is 29.6 Å². The highest BCUT2D eigenvalue weighted by Gasteiger charge is 2.05. The average Bonchev–Trinajstić information content (AvgIpc) is 2.25. The molecule has 84 valence electrons. The lowest BCUT2D eigenvalue weighted by atomic mass is 9.99. The van der Waals surface area contributed by atoms with Crippen LogP contribution in [0.3, 0.4) is 0 Å². The zero-order chi connectivity index (χ0) is 11.1. The molecule has 0 radical (unpaired) electrons. The first-order chi connectivity index (χ1) is 7.24. The zero-order valence-corrected chi connectivity index (χ0v) is 10.1. The highest BCUT2D eigenvalue weighted by molar-refractivity contribution is 5.14. The maximum absolute atomic E-state index is 4.46. The Bertz CT molecular complexity index is 266. The van der Waals surface area contributed by atoms with Gasteiger partial charge < -0.3 is 5.32 Å². The van der Waals surface area contributed by atoms with Crippen LogP contribution in [0.4, 0.5) is 0 Å². The maximum Gasteiger partial charge on any atom is 0.0431 e. The van der Waals surface area contributed by atoms with Gasteiger partial charge in [-0.2, -0.15) is 0 Å². The molecule has 0 aliphatic carbocycles. The van der Waals surface area contributed by atoms with E-state index in [9.17, 15) is 0 Å². The molecule has 15 heavy (non-hydrogen) atoms. The second kappa shape index (κ2) is 6.57. The predicted molar refractivity (Wildman–Crippen MR) is 65.2 cm³/mol. The third-order valence-corrected chi connectivity index (χ3v) is 2.75. The highest BCUT2D eigenvalue weighted by atomic mass is 14.8. The molecule has 1 aromatic heterocycles. The second-order valence-corrected chi connectivity index (χ2v) is 4.26. The molecule has 0 amide bonds. The summed E-state index contributed by atoms with van der Waals surface area (Å²) in [6.45, 7) is 5.46. The van der Waals surface area contributed by atoms with Crippen LogP contribution in [0.2, 0.25) is 0 Å². The van der Waals surface area contributed by atoms with Gasteiger partial charge in [0.05, 0.1) is 0 Å². The van der Waals surface area contributed by atoms with Gasteiger partial charge in [0.25, 0.3) is 0 Å². The highest BCUT2D eigenvalue weighted by Crippen LogP contribution is 2.19. The van der Waals surface area contributed by atoms with Crippen LogP contribution in [0.1, 0.15) is 43.4 Å². The van der Waals surface area contributed by atoms with Crippen LogP contribution in [0.25, 0.3) is 0 Å². The van der Waals surface area contributed by atoms with Gasteiger partial charge in [-0.1, -0.05) is 19.4 Å². The molecule has 0 bridgehead atoms. The Labute approximate surface area is 93.1 Å². The summed E-state index contributed by atoms with van der Waals surface area (Å²) in [4.78, 5) is 4.46. The number of rotatable bonds is 6. The number of hydrogen-bond donors (Lipinski definition) is 1. The molecule has 0 aliphatic rings. The van der Waals surface area contributed by atoms with Crippen molar-refractivity contribution in [2.75, 3.05) is 13.6 Å². The molecule has 1 aromatic rings. The molecule has 2 heteroatoms. The van der Waals surface area contributed by atoms with E-state index in [4.69, 9.17) is 0 Å². The number of nitrogens with zero attached hydrogens (tertiary/aromatic N) is 1. The first kappa shape index (κ1) is 12.2. The molecule has 0 saturated carbocycles. The molecule has 1 atom stereocenters. The molecule has 0 aromatic carbocycles. The van der Waals surface area contributed by atoms with E-state index in [0.29, 0.717) is 5.92 Å². The summed E-state index contributed by atoms with van der Waals surface area (Å²) in [5, 5.41) is 3.17. The van der Waals surface area contributed by atoms with E-state index in [2.05, 4.69) is 36.3 Å². The molecule has 1 unspecified atom stereocenters. The van der Waals surface area contributed by atoms with Crippen molar-refractivity contribution in [2.45, 2.75) is 39.0 Å². The summed E-state index contributed by atoms with van der Waals surface area (Å²) >= 11 is 0. The zero-order valence-electron chi connectivity index (χ0n) is 10.1. The van der Waals surface area contributed by atoms with Crippen LogP contribution in [-0.4, -0.2) is 18.6 Å². The second-order valence-electron chi connectivity index (χ2n) is 4.26. The smallest absolute Gasteiger partial charge is 0.0431 e. The quantitative estimate of drug-likeness (QED) is 0.724. The number of aryl methyl sites for hydroxylation is 1. The summed E-state index contributed by atoms with van der Waals surface area (Å²) in [5.74, 6) is 0.586. The van der Waals surface area contributed by atoms with E-state index in [1.807, 2.05) is 13.2 Å². The lowest BCUT2D eigenvalue weighted by Gasteiger charge is -2.10. The van der Waals surface area contributed by atoms with Crippen molar-refractivity contribution >= 4 is 0 Å². The van der Waals surface area contributed by atoms with Crippen molar-refractivity contribution in [3.63, 3.8) is 0 Å². The minimum absolute atomic E-state index is 0.586. The van der Waals surface area contributed by atoms with E-state index in [1.54, 1.807) is 0 Å². The van der Waals surface area contributed by atoms with Crippen LogP contribution in [0.5, 0.6) is 0 Å². The van der Waals surface area contributed by atoms with Gasteiger partial charge in [-0.25, -0.2) is 0 Å². The van der Waals surface area contributed by atoms with E-state index >= 15 is 0 Å². The van der Waals surface area contributed by atoms with Gasteiger partial charge in [0.2, 0.25) is 0 Å². The topological polar surface area (TPSA) is 24.9 Å². The Hall–Kier alpha value is -0.890. The summed E-state index contributed by atoms with van der Waals surface area (Å²) in [5.41, 5.74) is 2.46. The van der Waals surface area contributed by atoms with Gasteiger partial charge in [-0.3, -0.25) is 4.98 Å². The van der Waals surface area contributed by atoms with Crippen molar-refractivity contribution < 1.29 is 0 Å². The lowest BCUT2D eigenvalue weighted by molar-refractivity contribution is 0.579. The monoisotopic (exact) mass is 206 g/mol. The molecular formula is C13H22N2. The number of unbranched alkanes of at least 4 members (excludes halogenated alkanes) is 1. The largest absolute Gasteiger partial charge is 0.320 e. The van der Waals surface area contributed by atoms with E-state index in [0.717, 1.165) is 6.54 Å². The van der Waals surface area contributed by atoms with Crippen molar-refractivity contribution in [3.8, 4) is 0 Å². The van der Waals surface area contributed by atoms with Gasteiger partial charge in [-0.15, -0.1) is 0 Å². The van der Waals surface area contributed by atoms with Gasteiger partial charge >= 0.3 is 0 Å². The Morgan fingerprint density at radius 1 is 1.33 bits per heavy atom. The number of aromatic nitrogens is 1. The van der Waals surface area contributed by atoms with Crippen LogP contribution >= 0.6 is 0 Å². The minimum Gasteiger partial charge on any atom is -0.320 e. The third kappa shape index (κ3) is 4.43. The number of nitrogens with one attached hydrogen (secondary N) is 1. The van der Waals surface area contributed by atoms with Crippen LogP contribution in [0.15, 0.2) is 18.3 Å². The summed E-state index contributed by atoms with van der Waals surface area (Å²) in [6.07, 6.45) is 5.72. The maximum atomic E-state index is 4.46. The summed E-state index contributed by atoms with van der Waals surface area (Å²) in [7, 11) is 2.00. The Balaban J connectivity index is 2.33. The molecule has 0 saturated heterocycles. The van der Waals surface area contributed by atoms with Crippen LogP contribution in [0, 0.1) is 6.92 Å². The summed E-state index contributed by atoms with van der Waals surface area (Å²) in [6, 6.07) is 4.30. The third-order valence-electron chi connectivity index (χ3n) is 2.75. The summed E-state index contributed by atoms with van der Waals surface area (Å²) < 4.78 is 0. The van der Waals surface area contributed by atoms with Crippen LogP contribution in [-0.2, 0) is 0 Å². The fourth-order valence-corrected chi connectivity index (χ4v) is 1.67. The molecule has 1 N–H and O–H groups in total.